The number of nitrogens with one attached hydrogen (secondary N) is 1. The van der Waals surface area contributed by atoms with Crippen LogP contribution >= 0.6 is 12.2 Å². The van der Waals surface area contributed by atoms with Gasteiger partial charge in [0.25, 0.3) is 0 Å². The normalized spacial score (nSPS) is 10.7. The molecule has 1 heterocycles. The summed E-state index contributed by atoms with van der Waals surface area (Å²) in [5.41, 5.74) is 0.808. The zero-order valence-corrected chi connectivity index (χ0v) is 11.0. The van der Waals surface area contributed by atoms with Crippen molar-refractivity contribution in [3.8, 4) is 0 Å². The van der Waals surface area contributed by atoms with Gasteiger partial charge in [0, 0.05) is 11.5 Å². The third-order valence-electron chi connectivity index (χ3n) is 2.83. The quantitative estimate of drug-likeness (QED) is 0.703. The molecular weight excluding hydrogens is 280 g/mol. The van der Waals surface area contributed by atoms with Crippen molar-refractivity contribution in [3.63, 3.8) is 0 Å². The molecule has 0 amide bonds. The zero-order valence-electron chi connectivity index (χ0n) is 10.2. The molecule has 0 unspecified atom stereocenters. The van der Waals surface area contributed by atoms with Crippen LogP contribution in [0.5, 0.6) is 0 Å². The van der Waals surface area contributed by atoms with Crippen molar-refractivity contribution in [2.24, 2.45) is 0 Å². The van der Waals surface area contributed by atoms with Crippen LogP contribution in [0.25, 0.3) is 11.0 Å². The van der Waals surface area contributed by atoms with E-state index >= 15 is 0 Å². The molecule has 20 heavy (non-hydrogen) atoms. The fourth-order valence-corrected chi connectivity index (χ4v) is 2.08. The summed E-state index contributed by atoms with van der Waals surface area (Å²) in [5.74, 6) is -0.906. The number of furan rings is 1. The Morgan fingerprint density at radius 1 is 1.05 bits per heavy atom. The maximum atomic E-state index is 13.5. The highest BCUT2D eigenvalue weighted by Crippen LogP contribution is 2.21. The van der Waals surface area contributed by atoms with Crippen LogP contribution in [0.15, 0.2) is 52.9 Å². The molecule has 0 aliphatic rings. The molecule has 0 aliphatic heterocycles. The van der Waals surface area contributed by atoms with Crippen molar-refractivity contribution in [1.82, 2.24) is 0 Å². The van der Waals surface area contributed by atoms with Gasteiger partial charge in [0.15, 0.2) is 5.76 Å². The van der Waals surface area contributed by atoms with Gasteiger partial charge in [-0.05, 0) is 24.3 Å². The summed E-state index contributed by atoms with van der Waals surface area (Å²) < 4.78 is 31.9. The first-order valence-electron chi connectivity index (χ1n) is 5.88. The van der Waals surface area contributed by atoms with Crippen molar-refractivity contribution in [3.05, 3.63) is 65.9 Å². The van der Waals surface area contributed by atoms with E-state index in [0.29, 0.717) is 11.3 Å². The van der Waals surface area contributed by atoms with Crippen molar-refractivity contribution in [2.75, 3.05) is 5.32 Å². The molecular formula is C15H9F2NOS. The maximum absolute atomic E-state index is 13.5. The van der Waals surface area contributed by atoms with Gasteiger partial charge < -0.3 is 9.73 Å². The third-order valence-corrected chi connectivity index (χ3v) is 3.13. The zero-order chi connectivity index (χ0) is 14.1. The molecule has 2 aromatic carbocycles. The highest BCUT2D eigenvalue weighted by molar-refractivity contribution is 7.81. The molecule has 0 radical (unpaired) electrons. The van der Waals surface area contributed by atoms with Crippen LogP contribution in [-0.2, 0) is 0 Å². The number of fused-ring (bicyclic) bond motifs is 1. The molecule has 0 saturated heterocycles. The first-order chi connectivity index (χ1) is 9.63. The minimum Gasteiger partial charge on any atom is -0.454 e. The summed E-state index contributed by atoms with van der Waals surface area (Å²) in [7, 11) is 0. The van der Waals surface area contributed by atoms with Crippen LogP contribution in [-0.4, -0.2) is 4.99 Å². The number of hydrogen-bond donors (Lipinski definition) is 1. The summed E-state index contributed by atoms with van der Waals surface area (Å²) in [5, 5.41) is 3.62. The lowest BCUT2D eigenvalue weighted by molar-refractivity contribution is 0.586. The Bertz CT molecular complexity index is 764. The van der Waals surface area contributed by atoms with Gasteiger partial charge in [-0.25, -0.2) is 8.78 Å². The second-order valence-electron chi connectivity index (χ2n) is 4.23. The summed E-state index contributed by atoms with van der Waals surface area (Å²) in [4.78, 5) is 0.242. The number of thiocarbonyl (C=S) groups is 1. The average Bonchev–Trinajstić information content (AvgIpc) is 2.86. The molecule has 3 aromatic rings. The van der Waals surface area contributed by atoms with E-state index in [0.717, 1.165) is 17.5 Å². The van der Waals surface area contributed by atoms with Crippen LogP contribution in [0.4, 0.5) is 14.5 Å². The van der Waals surface area contributed by atoms with Crippen LogP contribution in [0, 0.1) is 11.6 Å². The Morgan fingerprint density at radius 2 is 1.85 bits per heavy atom. The van der Waals surface area contributed by atoms with E-state index in [2.05, 4.69) is 5.32 Å². The molecule has 0 aliphatic carbocycles. The van der Waals surface area contributed by atoms with Crippen molar-refractivity contribution < 1.29 is 13.2 Å². The van der Waals surface area contributed by atoms with E-state index < -0.39 is 11.6 Å². The minimum absolute atomic E-state index is 0.108. The van der Waals surface area contributed by atoms with Gasteiger partial charge in [-0.2, -0.15) is 0 Å². The summed E-state index contributed by atoms with van der Waals surface area (Å²) in [6.07, 6.45) is 0. The van der Waals surface area contributed by atoms with Crippen molar-refractivity contribution in [1.29, 1.82) is 0 Å². The SMILES string of the molecule is Fc1ccc(NC(=S)c2cc3ccccc3o2)c(F)c1. The highest BCUT2D eigenvalue weighted by atomic mass is 32.1. The third kappa shape index (κ3) is 2.40. The standard InChI is InChI=1S/C15H9F2NOS/c16-10-5-6-12(11(17)8-10)18-15(20)14-7-9-3-1-2-4-13(9)19-14/h1-8H,(H,18,20). The van der Waals surface area contributed by atoms with Gasteiger partial charge in [-0.1, -0.05) is 30.4 Å². The van der Waals surface area contributed by atoms with E-state index in [1.807, 2.05) is 24.3 Å². The van der Waals surface area contributed by atoms with Gasteiger partial charge >= 0.3 is 0 Å². The van der Waals surface area contributed by atoms with Crippen molar-refractivity contribution >= 4 is 33.9 Å². The first kappa shape index (κ1) is 12.7. The van der Waals surface area contributed by atoms with E-state index in [1.165, 1.54) is 6.07 Å². The predicted octanol–water partition coefficient (Wildman–Crippen LogP) is 4.50. The average molecular weight is 289 g/mol. The Labute approximate surface area is 119 Å². The number of rotatable bonds is 2. The van der Waals surface area contributed by atoms with E-state index in [4.69, 9.17) is 16.6 Å². The molecule has 5 heteroatoms. The second-order valence-corrected chi connectivity index (χ2v) is 4.64. The van der Waals surface area contributed by atoms with Crippen LogP contribution in [0.2, 0.25) is 0 Å². The predicted molar refractivity (Wildman–Crippen MR) is 77.9 cm³/mol. The van der Waals surface area contributed by atoms with Gasteiger partial charge in [0.05, 0.1) is 5.69 Å². The molecule has 0 fully saturated rings. The first-order valence-corrected chi connectivity index (χ1v) is 6.29. The fraction of sp³-hybridized carbons (Fsp3) is 0. The Hall–Kier alpha value is -2.27. The molecule has 0 spiro atoms. The lowest BCUT2D eigenvalue weighted by Crippen LogP contribution is -2.10. The Kier molecular flexibility index (Phi) is 3.20. The minimum atomic E-state index is -0.705. The molecule has 1 N–H and O–H groups in total. The lowest BCUT2D eigenvalue weighted by Gasteiger charge is -2.06. The molecule has 3 rings (SSSR count). The molecule has 0 bridgehead atoms. The van der Waals surface area contributed by atoms with Crippen molar-refractivity contribution in [2.45, 2.75) is 0 Å². The monoisotopic (exact) mass is 289 g/mol. The van der Waals surface area contributed by atoms with Gasteiger partial charge in [-0.3, -0.25) is 0 Å². The van der Waals surface area contributed by atoms with E-state index in [-0.39, 0.29) is 10.7 Å². The number of benzene rings is 2. The molecule has 0 saturated carbocycles. The van der Waals surface area contributed by atoms with E-state index in [9.17, 15) is 8.78 Å². The van der Waals surface area contributed by atoms with Gasteiger partial charge in [0.2, 0.25) is 0 Å². The molecule has 2 nitrogen and oxygen atoms in total. The van der Waals surface area contributed by atoms with Crippen LogP contribution < -0.4 is 5.32 Å². The van der Waals surface area contributed by atoms with Gasteiger partial charge in [0.1, 0.15) is 22.2 Å². The number of halogens is 2. The topological polar surface area (TPSA) is 25.2 Å². The number of anilines is 1. The van der Waals surface area contributed by atoms with Gasteiger partial charge in [-0.15, -0.1) is 0 Å². The fourth-order valence-electron chi connectivity index (χ4n) is 1.87. The number of hydrogen-bond acceptors (Lipinski definition) is 2. The number of para-hydroxylation sites is 1. The summed E-state index contributed by atoms with van der Waals surface area (Å²) in [6, 6.07) is 12.5. The molecule has 1 aromatic heterocycles. The van der Waals surface area contributed by atoms with Crippen LogP contribution in [0.3, 0.4) is 0 Å². The lowest BCUT2D eigenvalue weighted by atomic mass is 10.2. The Morgan fingerprint density at radius 3 is 2.60 bits per heavy atom. The second kappa shape index (κ2) is 5.02. The largest absolute Gasteiger partial charge is 0.454 e. The van der Waals surface area contributed by atoms with E-state index in [1.54, 1.807) is 6.07 Å². The smallest absolute Gasteiger partial charge is 0.162 e. The highest BCUT2D eigenvalue weighted by Gasteiger charge is 2.11. The summed E-state index contributed by atoms with van der Waals surface area (Å²) >= 11 is 5.17. The van der Waals surface area contributed by atoms with Crippen LogP contribution in [0.1, 0.15) is 5.76 Å². The molecule has 100 valence electrons. The summed E-state index contributed by atoms with van der Waals surface area (Å²) in [6.45, 7) is 0. The molecule has 0 atom stereocenters. The maximum Gasteiger partial charge on any atom is 0.162 e. The Balaban J connectivity index is 1.89.